The van der Waals surface area contributed by atoms with Gasteiger partial charge in [-0.3, -0.25) is 4.79 Å². The molecule has 1 amide bonds. The maximum atomic E-state index is 12.0. The average Bonchev–Trinajstić information content (AvgIpc) is 2.78. The van der Waals surface area contributed by atoms with E-state index >= 15 is 0 Å². The van der Waals surface area contributed by atoms with Gasteiger partial charge in [0, 0.05) is 16.8 Å². The lowest BCUT2D eigenvalue weighted by atomic mass is 10.2. The van der Waals surface area contributed by atoms with Gasteiger partial charge in [0.15, 0.2) is 0 Å². The number of carbonyl (C=O) groups excluding carboxylic acids is 1. The second kappa shape index (κ2) is 19.5. The Bertz CT molecular complexity index is 824. The second-order valence-electron chi connectivity index (χ2n) is 5.70. The number of carbonyl (C=O) groups is 1. The van der Waals surface area contributed by atoms with Crippen LogP contribution in [-0.2, 0) is 4.79 Å². The minimum atomic E-state index is -0.174. The summed E-state index contributed by atoms with van der Waals surface area (Å²) in [7, 11) is 0. The first-order valence-corrected chi connectivity index (χ1v) is 10.3. The Labute approximate surface area is 188 Å². The summed E-state index contributed by atoms with van der Waals surface area (Å²) in [4.78, 5) is 16.2. The molecule has 0 bridgehead atoms. The van der Waals surface area contributed by atoms with Crippen LogP contribution >= 0.6 is 11.6 Å². The number of nitrogens with zero attached hydrogens (tertiary/aromatic N) is 1. The van der Waals surface area contributed by atoms with Crippen molar-refractivity contribution in [1.29, 1.82) is 0 Å². The zero-order chi connectivity index (χ0) is 23.4. The van der Waals surface area contributed by atoms with Gasteiger partial charge in [0.1, 0.15) is 5.82 Å². The van der Waals surface area contributed by atoms with Crippen molar-refractivity contribution in [2.24, 2.45) is 0 Å². The van der Waals surface area contributed by atoms with Crippen LogP contribution in [0, 0.1) is 11.8 Å². The van der Waals surface area contributed by atoms with Crippen molar-refractivity contribution in [3.63, 3.8) is 0 Å². The summed E-state index contributed by atoms with van der Waals surface area (Å²) < 4.78 is 0. The van der Waals surface area contributed by atoms with Gasteiger partial charge in [-0.1, -0.05) is 61.4 Å². The molecule has 0 aliphatic carbocycles. The van der Waals surface area contributed by atoms with Crippen molar-refractivity contribution in [3.8, 4) is 11.8 Å². The quantitative estimate of drug-likeness (QED) is 0.287. The van der Waals surface area contributed by atoms with E-state index in [-0.39, 0.29) is 5.91 Å². The molecule has 0 fully saturated rings. The summed E-state index contributed by atoms with van der Waals surface area (Å²) in [6, 6.07) is 3.60. The van der Waals surface area contributed by atoms with E-state index in [1.54, 1.807) is 25.3 Å². The third-order valence-electron chi connectivity index (χ3n) is 3.44. The van der Waals surface area contributed by atoms with E-state index in [1.165, 1.54) is 0 Å². The molecule has 0 atom stereocenters. The van der Waals surface area contributed by atoms with Crippen molar-refractivity contribution in [2.75, 3.05) is 5.32 Å². The summed E-state index contributed by atoms with van der Waals surface area (Å²) in [6.45, 7) is 15.3. The largest absolute Gasteiger partial charge is 0.307 e. The van der Waals surface area contributed by atoms with Crippen LogP contribution in [0.5, 0.6) is 0 Å². The van der Waals surface area contributed by atoms with Gasteiger partial charge in [0.25, 0.3) is 5.91 Å². The normalized spacial score (nSPS) is 11.7. The first-order valence-electron chi connectivity index (χ1n) is 9.96. The maximum absolute atomic E-state index is 12.0. The molecule has 3 nitrogen and oxygen atoms in total. The molecular weight excluding hydrogens is 392 g/mol. The highest BCUT2D eigenvalue weighted by Crippen LogP contribution is 2.14. The van der Waals surface area contributed by atoms with Crippen molar-refractivity contribution >= 4 is 29.4 Å². The highest BCUT2D eigenvalue weighted by Gasteiger charge is 2.04. The number of rotatable bonds is 6. The van der Waals surface area contributed by atoms with E-state index in [0.717, 1.165) is 11.1 Å². The van der Waals surface area contributed by atoms with Crippen molar-refractivity contribution in [3.05, 3.63) is 76.5 Å². The molecule has 0 radical (unpaired) electrons. The fourth-order valence-corrected chi connectivity index (χ4v) is 1.80. The van der Waals surface area contributed by atoms with Crippen LogP contribution in [0.25, 0.3) is 6.08 Å². The molecule has 0 unspecified atom stereocenters. The van der Waals surface area contributed by atoms with Crippen molar-refractivity contribution < 1.29 is 4.79 Å². The zero-order valence-electron chi connectivity index (χ0n) is 19.5. The fraction of sp³-hybridized carbons (Fsp3) is 0.308. The van der Waals surface area contributed by atoms with Crippen LogP contribution in [0.3, 0.4) is 0 Å². The van der Waals surface area contributed by atoms with Gasteiger partial charge in [-0.15, -0.1) is 11.8 Å². The zero-order valence-corrected chi connectivity index (χ0v) is 20.3. The van der Waals surface area contributed by atoms with E-state index in [4.69, 9.17) is 11.6 Å². The third kappa shape index (κ3) is 15.1. The van der Waals surface area contributed by atoms with Crippen LogP contribution in [0.2, 0.25) is 0 Å². The molecule has 1 rings (SSSR count). The summed E-state index contributed by atoms with van der Waals surface area (Å²) in [5.74, 6) is 5.69. The molecule has 0 aliphatic heterocycles. The summed E-state index contributed by atoms with van der Waals surface area (Å²) in [5, 5.41) is 3.36. The van der Waals surface area contributed by atoms with Gasteiger partial charge in [-0.05, 0) is 71.4 Å². The molecule has 0 aromatic carbocycles. The molecule has 162 valence electrons. The summed E-state index contributed by atoms with van der Waals surface area (Å²) in [5.41, 5.74) is 2.62. The number of anilines is 1. The Hall–Kier alpha value is -2.83. The van der Waals surface area contributed by atoms with Crippen LogP contribution in [0.1, 0.15) is 61.0 Å². The third-order valence-corrected chi connectivity index (χ3v) is 3.68. The number of pyridine rings is 1. The van der Waals surface area contributed by atoms with Gasteiger partial charge < -0.3 is 5.32 Å². The smallest absolute Gasteiger partial charge is 0.252 e. The molecule has 1 aromatic heterocycles. The number of halogens is 1. The van der Waals surface area contributed by atoms with Gasteiger partial charge in [-0.2, -0.15) is 0 Å². The highest BCUT2D eigenvalue weighted by atomic mass is 35.5. The summed E-state index contributed by atoms with van der Waals surface area (Å²) in [6.07, 6.45) is 14.7. The molecule has 0 aliphatic rings. The van der Waals surface area contributed by atoms with Gasteiger partial charge in [0.05, 0.1) is 0 Å². The number of allylic oxidation sites excluding steroid dienone is 8. The monoisotopic (exact) mass is 426 g/mol. The predicted octanol–water partition coefficient (Wildman–Crippen LogP) is 7.70. The first kappa shape index (κ1) is 29.4. The van der Waals surface area contributed by atoms with Crippen LogP contribution in [0.15, 0.2) is 71.0 Å². The number of hydrogen-bond acceptors (Lipinski definition) is 2. The average molecular weight is 427 g/mol. The lowest BCUT2D eigenvalue weighted by molar-refractivity contribution is -0.112. The van der Waals surface area contributed by atoms with Gasteiger partial charge >= 0.3 is 0 Å². The second-order valence-corrected chi connectivity index (χ2v) is 6.14. The Morgan fingerprint density at radius 1 is 1.10 bits per heavy atom. The molecule has 4 heteroatoms. The Balaban J connectivity index is 0. The Morgan fingerprint density at radius 3 is 2.20 bits per heavy atom. The number of amides is 1. The lowest BCUT2D eigenvalue weighted by Crippen LogP contribution is -2.13. The van der Waals surface area contributed by atoms with Crippen LogP contribution in [0.4, 0.5) is 5.82 Å². The maximum Gasteiger partial charge on any atom is 0.252 e. The minimum Gasteiger partial charge on any atom is -0.307 e. The fourth-order valence-electron chi connectivity index (χ4n) is 1.61. The standard InChI is InChI=1S/C20H23ClN2O.C4H6.C2H6/c1-5-7-8-16(4)20(24)23-19-12-10-17(14-22-19)13-18(21)11-9-15(3)6-2;1-3-4-2;1-2/h5-14H,1-4H3,(H,22,23,24);1-2H3;1-2H3/b7-5-,11-9-,15-6-,16-8+,18-13-;;. The molecule has 0 saturated carbocycles. The molecule has 1 heterocycles. The van der Waals surface area contributed by atoms with E-state index in [2.05, 4.69) is 22.1 Å². The number of hydrogen-bond donors (Lipinski definition) is 1. The molecule has 0 spiro atoms. The number of nitrogens with one attached hydrogen (secondary N) is 1. The van der Waals surface area contributed by atoms with E-state index < -0.39 is 0 Å². The van der Waals surface area contributed by atoms with E-state index in [0.29, 0.717) is 16.4 Å². The molecule has 30 heavy (non-hydrogen) atoms. The van der Waals surface area contributed by atoms with Crippen LogP contribution in [-0.4, -0.2) is 10.9 Å². The van der Waals surface area contributed by atoms with Gasteiger partial charge in [-0.25, -0.2) is 4.98 Å². The minimum absolute atomic E-state index is 0.174. The Morgan fingerprint density at radius 2 is 1.73 bits per heavy atom. The van der Waals surface area contributed by atoms with Crippen molar-refractivity contribution in [1.82, 2.24) is 4.98 Å². The highest BCUT2D eigenvalue weighted by molar-refractivity contribution is 6.33. The lowest BCUT2D eigenvalue weighted by Gasteiger charge is -2.04. The van der Waals surface area contributed by atoms with Crippen molar-refractivity contribution in [2.45, 2.75) is 55.4 Å². The number of aromatic nitrogens is 1. The Kier molecular flexibility index (Phi) is 19.1. The SMILES string of the molecule is C/C=C\C=C(/C)C(=O)Nc1ccc(/C=C(Cl)/C=C\C(C)=C/C)cn1.CC.CC#CC. The molecule has 1 N–H and O–H groups in total. The van der Waals surface area contributed by atoms with Gasteiger partial charge in [0.2, 0.25) is 0 Å². The molecule has 0 saturated heterocycles. The van der Waals surface area contributed by atoms with E-state index in [1.807, 2.05) is 91.0 Å². The van der Waals surface area contributed by atoms with E-state index in [9.17, 15) is 4.79 Å². The molecule has 1 aromatic rings. The topological polar surface area (TPSA) is 42.0 Å². The predicted molar refractivity (Wildman–Crippen MR) is 134 cm³/mol. The van der Waals surface area contributed by atoms with Crippen LogP contribution < -0.4 is 5.32 Å². The summed E-state index contributed by atoms with van der Waals surface area (Å²) >= 11 is 6.17. The molecular formula is C26H35ClN2O. The first-order chi connectivity index (χ1) is 14.4.